The van der Waals surface area contributed by atoms with Crippen molar-refractivity contribution in [1.29, 1.82) is 0 Å². The van der Waals surface area contributed by atoms with E-state index in [1.165, 1.54) is 9.87 Å². The van der Waals surface area contributed by atoms with Gasteiger partial charge in [-0.1, -0.05) is 30.3 Å². The van der Waals surface area contributed by atoms with Crippen LogP contribution in [0.25, 0.3) is 0 Å². The van der Waals surface area contributed by atoms with Gasteiger partial charge in [0.25, 0.3) is 0 Å². The molecule has 0 radical (unpaired) electrons. The van der Waals surface area contributed by atoms with Crippen LogP contribution in [-0.4, -0.2) is 120 Å². The molecular weight excluding hydrogens is 552 g/mol. The summed E-state index contributed by atoms with van der Waals surface area (Å²) in [6, 6.07) is 14.7. The minimum atomic E-state index is -3.70. The first-order chi connectivity index (χ1) is 20.1. The van der Waals surface area contributed by atoms with Crippen molar-refractivity contribution >= 4 is 15.9 Å². The number of methoxy groups -OCH3 is 1. The van der Waals surface area contributed by atoms with E-state index < -0.39 is 10.0 Å². The van der Waals surface area contributed by atoms with E-state index in [9.17, 15) is 13.2 Å². The topological polar surface area (TPSA) is 82.6 Å². The fourth-order valence-electron chi connectivity index (χ4n) is 6.29. The lowest BCUT2D eigenvalue weighted by Gasteiger charge is -2.44. The highest BCUT2D eigenvalue weighted by Crippen LogP contribution is 2.29. The number of likely N-dealkylation sites (N-methyl/N-ethyl adjacent to an activating group) is 2. The van der Waals surface area contributed by atoms with Gasteiger partial charge in [0.15, 0.2) is 0 Å². The number of carbonyl (C=O) groups is 1. The number of nitrogens with zero attached hydrogens (tertiary/aromatic N) is 4. The number of piperidine rings is 1. The van der Waals surface area contributed by atoms with Crippen LogP contribution in [0.15, 0.2) is 47.4 Å². The second-order valence-electron chi connectivity index (χ2n) is 11.8. The van der Waals surface area contributed by atoms with Gasteiger partial charge in [-0.15, -0.1) is 0 Å². The summed E-state index contributed by atoms with van der Waals surface area (Å²) >= 11 is 0. The quantitative estimate of drug-likeness (QED) is 0.347. The number of sulfonamides is 1. The van der Waals surface area contributed by atoms with Crippen LogP contribution in [0.2, 0.25) is 0 Å². The molecule has 2 heterocycles. The monoisotopic (exact) mass is 600 g/mol. The number of hydrogen-bond acceptors (Lipinski definition) is 7. The molecule has 0 bridgehead atoms. The van der Waals surface area contributed by atoms with E-state index in [0.29, 0.717) is 28.8 Å². The van der Waals surface area contributed by atoms with Crippen LogP contribution in [-0.2, 0) is 26.0 Å². The van der Waals surface area contributed by atoms with Crippen molar-refractivity contribution in [3.8, 4) is 5.75 Å². The molecule has 2 aromatic rings. The number of amides is 1. The number of benzene rings is 2. The smallest absolute Gasteiger partial charge is 0.248 e. The minimum Gasteiger partial charge on any atom is -0.497 e. The number of piperazine rings is 1. The number of likely N-dealkylation sites (tertiary alicyclic amines) is 1. The number of carbonyl (C=O) groups excluding carboxylic acids is 1. The summed E-state index contributed by atoms with van der Waals surface area (Å²) in [4.78, 5) is 20.2. The average molecular weight is 601 g/mol. The Morgan fingerprint density at radius 2 is 1.62 bits per heavy atom. The van der Waals surface area contributed by atoms with Crippen LogP contribution >= 0.6 is 0 Å². The van der Waals surface area contributed by atoms with Gasteiger partial charge in [0, 0.05) is 58.9 Å². The summed E-state index contributed by atoms with van der Waals surface area (Å²) in [7, 11) is 1.59. The Labute approximate surface area is 252 Å². The molecule has 0 saturated carbocycles. The summed E-state index contributed by atoms with van der Waals surface area (Å²) in [5.74, 6) is 1.14. The molecule has 2 fully saturated rings. The number of ether oxygens (including phenoxy) is 2. The van der Waals surface area contributed by atoms with Crippen LogP contribution in [0.4, 0.5) is 0 Å². The van der Waals surface area contributed by atoms with Gasteiger partial charge in [0.2, 0.25) is 15.9 Å². The van der Waals surface area contributed by atoms with E-state index in [2.05, 4.69) is 47.2 Å². The fraction of sp³-hybridized carbons (Fsp3) is 0.594. The van der Waals surface area contributed by atoms with Gasteiger partial charge < -0.3 is 19.3 Å². The number of hydrogen-bond donors (Lipinski definition) is 0. The third-order valence-electron chi connectivity index (χ3n) is 8.84. The normalized spacial score (nSPS) is 18.4. The average Bonchev–Trinajstić information content (AvgIpc) is 2.98. The second kappa shape index (κ2) is 14.8. The molecule has 42 heavy (non-hydrogen) atoms. The van der Waals surface area contributed by atoms with Crippen LogP contribution in [0.3, 0.4) is 0 Å². The Morgan fingerprint density at radius 1 is 1.00 bits per heavy atom. The van der Waals surface area contributed by atoms with E-state index in [1.807, 2.05) is 4.90 Å². The molecule has 2 aliphatic heterocycles. The first-order valence-corrected chi connectivity index (χ1v) is 16.5. The zero-order valence-corrected chi connectivity index (χ0v) is 26.7. The Balaban J connectivity index is 1.25. The van der Waals surface area contributed by atoms with Crippen LogP contribution < -0.4 is 4.74 Å². The molecule has 9 nitrogen and oxygen atoms in total. The lowest BCUT2D eigenvalue weighted by molar-refractivity contribution is -0.138. The highest BCUT2D eigenvalue weighted by Gasteiger charge is 2.33. The van der Waals surface area contributed by atoms with Crippen LogP contribution in [0, 0.1) is 19.8 Å². The van der Waals surface area contributed by atoms with Gasteiger partial charge in [-0.2, -0.15) is 4.31 Å². The van der Waals surface area contributed by atoms with E-state index in [1.54, 1.807) is 40.1 Å². The van der Waals surface area contributed by atoms with Crippen molar-refractivity contribution in [2.45, 2.75) is 44.0 Å². The molecule has 2 aliphatic rings. The largest absolute Gasteiger partial charge is 0.497 e. The third kappa shape index (κ3) is 8.11. The molecule has 1 atom stereocenters. The van der Waals surface area contributed by atoms with Crippen molar-refractivity contribution in [2.24, 2.45) is 5.92 Å². The summed E-state index contributed by atoms with van der Waals surface area (Å²) in [6.45, 7) is 9.63. The summed E-state index contributed by atoms with van der Waals surface area (Å²) in [5, 5.41) is 0. The van der Waals surface area contributed by atoms with E-state index in [0.717, 1.165) is 58.5 Å². The maximum Gasteiger partial charge on any atom is 0.248 e. The van der Waals surface area contributed by atoms with Gasteiger partial charge in [-0.05, 0) is 74.9 Å². The standard InChI is InChI=1S/C32H48N4O5S/c1-25-21-29(40-5)22-26(2)32(25)42(38,39)34(4)19-20-41-24-31(37)36-13-11-28(12-14-36)30(23-27-9-7-6-8-10-27)35-17-15-33(3)16-18-35/h6-10,21-22,28,30H,11-20,23-24H2,1-5H3. The Bertz CT molecular complexity index is 1250. The highest BCUT2D eigenvalue weighted by molar-refractivity contribution is 7.89. The van der Waals surface area contributed by atoms with Gasteiger partial charge in [0.1, 0.15) is 12.4 Å². The van der Waals surface area contributed by atoms with Crippen molar-refractivity contribution < 1.29 is 22.7 Å². The molecule has 1 unspecified atom stereocenters. The molecule has 2 aromatic carbocycles. The molecule has 4 rings (SSSR count). The molecule has 10 heteroatoms. The maximum absolute atomic E-state index is 13.2. The second-order valence-corrected chi connectivity index (χ2v) is 13.8. The Kier molecular flexibility index (Phi) is 11.4. The predicted molar refractivity (Wildman–Crippen MR) is 165 cm³/mol. The number of rotatable bonds is 12. The van der Waals surface area contributed by atoms with Crippen molar-refractivity contribution in [3.63, 3.8) is 0 Å². The molecule has 0 spiro atoms. The van der Waals surface area contributed by atoms with Crippen molar-refractivity contribution in [3.05, 3.63) is 59.2 Å². The zero-order valence-electron chi connectivity index (χ0n) is 25.9. The Morgan fingerprint density at radius 3 is 2.21 bits per heavy atom. The van der Waals surface area contributed by atoms with E-state index in [-0.39, 0.29) is 30.6 Å². The van der Waals surface area contributed by atoms with Gasteiger partial charge in [0.05, 0.1) is 18.6 Å². The third-order valence-corrected chi connectivity index (χ3v) is 11.0. The summed E-state index contributed by atoms with van der Waals surface area (Å²) in [6.07, 6.45) is 3.01. The van der Waals surface area contributed by atoms with Crippen LogP contribution in [0.5, 0.6) is 5.75 Å². The first kappa shape index (κ1) is 32.4. The van der Waals surface area contributed by atoms with E-state index in [4.69, 9.17) is 9.47 Å². The predicted octanol–water partition coefficient (Wildman–Crippen LogP) is 3.05. The fourth-order valence-corrected chi connectivity index (χ4v) is 7.85. The van der Waals surface area contributed by atoms with Crippen molar-refractivity contribution in [1.82, 2.24) is 19.0 Å². The maximum atomic E-state index is 13.2. The highest BCUT2D eigenvalue weighted by atomic mass is 32.2. The Hall–Kier alpha value is -2.50. The lowest BCUT2D eigenvalue weighted by Crippen LogP contribution is -2.54. The van der Waals surface area contributed by atoms with Gasteiger partial charge >= 0.3 is 0 Å². The minimum absolute atomic E-state index is 0.0278. The van der Waals surface area contributed by atoms with E-state index >= 15 is 0 Å². The van der Waals surface area contributed by atoms with Gasteiger partial charge in [-0.3, -0.25) is 9.69 Å². The SMILES string of the molecule is COc1cc(C)c(S(=O)(=O)N(C)CCOCC(=O)N2CCC(C(Cc3ccccc3)N3CCN(C)CC3)CC2)c(C)c1. The van der Waals surface area contributed by atoms with Gasteiger partial charge in [-0.25, -0.2) is 8.42 Å². The molecule has 1 amide bonds. The molecule has 0 N–H and O–H groups in total. The summed E-state index contributed by atoms with van der Waals surface area (Å²) in [5.41, 5.74) is 2.64. The molecule has 232 valence electrons. The molecular formula is C32H48N4O5S. The number of aryl methyl sites for hydroxylation is 2. The molecule has 0 aromatic heterocycles. The van der Waals surface area contributed by atoms with Crippen molar-refractivity contribution in [2.75, 3.05) is 80.2 Å². The molecule has 0 aliphatic carbocycles. The lowest BCUT2D eigenvalue weighted by atomic mass is 9.84. The zero-order chi connectivity index (χ0) is 30.3. The summed E-state index contributed by atoms with van der Waals surface area (Å²) < 4.78 is 38.7. The molecule has 2 saturated heterocycles. The first-order valence-electron chi connectivity index (χ1n) is 15.0. The van der Waals surface area contributed by atoms with Crippen LogP contribution in [0.1, 0.15) is 29.5 Å².